The third-order valence-electron chi connectivity index (χ3n) is 27.6. The summed E-state index contributed by atoms with van der Waals surface area (Å²) in [5.41, 5.74) is 49.8. The van der Waals surface area contributed by atoms with E-state index in [2.05, 4.69) is 117 Å². The van der Waals surface area contributed by atoms with Crippen molar-refractivity contribution in [1.29, 1.82) is 0 Å². The molecule has 0 spiro atoms. The topological polar surface area (TPSA) is 528 Å². The van der Waals surface area contributed by atoms with Crippen molar-refractivity contribution in [2.24, 2.45) is 41.4 Å². The summed E-state index contributed by atoms with van der Waals surface area (Å²) in [6.07, 6.45) is 22.2. The van der Waals surface area contributed by atoms with Crippen LogP contribution in [0.3, 0.4) is 0 Å². The highest BCUT2D eigenvalue weighted by Crippen LogP contribution is 2.53. The predicted molar refractivity (Wildman–Crippen MR) is 553 cm³/mol. The first-order chi connectivity index (χ1) is 69.5. The van der Waals surface area contributed by atoms with Crippen molar-refractivity contribution in [2.45, 2.75) is 84.0 Å². The van der Waals surface area contributed by atoms with Gasteiger partial charge in [0.1, 0.15) is 58.2 Å². The second-order valence-electron chi connectivity index (χ2n) is 37.2. The molecule has 15 heterocycles. The molecule has 1 saturated heterocycles. The SMILES string of the molecule is Cc1ccccc1-c1cc2cc(NC(=O)C3C[C@@H]3c3cn[nH]c3)ncc2c(N)n1.Cc1ccccc1-c1cc2cc(NC(=O)C3[C@H]4COC[C@@H]34)ncc2c(N)n1.Cc1ccccc1-c1cc2cc(NC(=O)[C@@H]3C[C@H]3c3ccn[nH]3)ncc2c(N)n1.Cc1ccccc1-c1cc2cc(NC(=O)[C@@H]3C[C@H]3c3cn[nH]c3)ncc2c(N)n1.Cc1ccccc1-c1cc2cc(NC(=O)[C@H]3C[C@@H]3c3ccn[nH]3)ncc2c(N)n1. The number of nitrogens with one attached hydrogen (secondary N) is 9. The summed E-state index contributed by atoms with van der Waals surface area (Å²) >= 11 is 0. The van der Waals surface area contributed by atoms with Gasteiger partial charge < -0.3 is 60.0 Å². The lowest BCUT2D eigenvalue weighted by molar-refractivity contribution is -0.119. The van der Waals surface area contributed by atoms with Crippen molar-refractivity contribution < 1.29 is 28.7 Å². The Kier molecular flexibility index (Phi) is 24.8. The number of nitrogen functional groups attached to an aromatic ring is 5. The number of anilines is 10. The van der Waals surface area contributed by atoms with Gasteiger partial charge in [-0.3, -0.25) is 44.4 Å². The summed E-state index contributed by atoms with van der Waals surface area (Å²) in [6.45, 7) is 11.6. The van der Waals surface area contributed by atoms with Gasteiger partial charge in [-0.1, -0.05) is 121 Å². The Morgan fingerprint density at radius 3 is 0.804 bits per heavy atom. The van der Waals surface area contributed by atoms with E-state index in [1.807, 2.05) is 241 Å². The maximum Gasteiger partial charge on any atom is 0.229 e. The number of hydrogen-bond donors (Lipinski definition) is 14. The average Bonchev–Trinajstić information content (AvgIpc) is 1.58. The third kappa shape index (κ3) is 19.7. The summed E-state index contributed by atoms with van der Waals surface area (Å²) < 4.78 is 5.36. The molecule has 19 aromatic rings. The number of carbonyl (C=O) groups excluding carboxylic acids is 5. The molecule has 0 bridgehead atoms. The lowest BCUT2D eigenvalue weighted by Crippen LogP contribution is -2.19. The maximum atomic E-state index is 12.6. The van der Waals surface area contributed by atoms with E-state index < -0.39 is 0 Å². The number of ether oxygens (including phenoxy) is 1. The Morgan fingerprint density at radius 1 is 0.308 bits per heavy atom. The fourth-order valence-electron chi connectivity index (χ4n) is 19.2. The minimum Gasteiger partial charge on any atom is -0.383 e. The molecular weight excluding hydrogens is 1800 g/mol. The number of carbonyl (C=O) groups is 5. The first-order valence-electron chi connectivity index (χ1n) is 47.2. The summed E-state index contributed by atoms with van der Waals surface area (Å²) in [7, 11) is 0. The van der Waals surface area contributed by atoms with E-state index >= 15 is 0 Å². The number of aromatic nitrogens is 18. The Morgan fingerprint density at radius 2 is 0.559 bits per heavy atom. The van der Waals surface area contributed by atoms with Crippen molar-refractivity contribution in [2.75, 3.05) is 68.5 Å². The molecule has 2 unspecified atom stereocenters. The van der Waals surface area contributed by atoms with Crippen LogP contribution in [0.1, 0.15) is 99.7 Å². The predicted octanol–water partition coefficient (Wildman–Crippen LogP) is 17.6. The third-order valence-corrected chi connectivity index (χ3v) is 27.6. The van der Waals surface area contributed by atoms with Crippen LogP contribution < -0.4 is 55.3 Å². The van der Waals surface area contributed by atoms with Gasteiger partial charge in [0.25, 0.3) is 0 Å². The first-order valence-corrected chi connectivity index (χ1v) is 47.2. The van der Waals surface area contributed by atoms with E-state index in [1.54, 1.807) is 55.8 Å². The number of amides is 5. The second kappa shape index (κ2) is 38.8. The van der Waals surface area contributed by atoms with E-state index in [-0.39, 0.29) is 82.8 Å². The molecule has 143 heavy (non-hydrogen) atoms. The van der Waals surface area contributed by atoms with Crippen LogP contribution in [0.5, 0.6) is 0 Å². The summed E-state index contributed by atoms with van der Waals surface area (Å²) in [6, 6.07) is 63.2. The molecule has 0 radical (unpaired) electrons. The van der Waals surface area contributed by atoms with Crippen LogP contribution in [0.25, 0.3) is 110 Å². The Labute approximate surface area is 819 Å². The molecule has 6 fully saturated rings. The Balaban J connectivity index is 0.000000106. The average molecular weight is 1900 g/mol. The molecule has 712 valence electrons. The van der Waals surface area contributed by atoms with E-state index in [9.17, 15) is 24.0 Å². The number of aromatic amines is 4. The number of pyridine rings is 10. The largest absolute Gasteiger partial charge is 0.383 e. The summed E-state index contributed by atoms with van der Waals surface area (Å²) in [5.74, 6) is 6.09. The molecule has 6 aliphatic rings. The van der Waals surface area contributed by atoms with Crippen molar-refractivity contribution in [3.63, 3.8) is 0 Å². The van der Waals surface area contributed by atoms with Crippen LogP contribution in [0.2, 0.25) is 0 Å². The van der Waals surface area contributed by atoms with Crippen molar-refractivity contribution in [3.05, 3.63) is 313 Å². The zero-order chi connectivity index (χ0) is 98.4. The molecule has 34 nitrogen and oxygen atoms in total. The van der Waals surface area contributed by atoms with Crippen LogP contribution in [0, 0.1) is 76.0 Å². The molecule has 5 saturated carbocycles. The highest BCUT2D eigenvalue weighted by molar-refractivity contribution is 6.05. The summed E-state index contributed by atoms with van der Waals surface area (Å²) in [4.78, 5) is 107. The monoisotopic (exact) mass is 1900 g/mol. The smallest absolute Gasteiger partial charge is 0.229 e. The van der Waals surface area contributed by atoms with Crippen molar-refractivity contribution >= 4 is 142 Å². The van der Waals surface area contributed by atoms with Crippen LogP contribution in [-0.4, -0.2) is 133 Å². The van der Waals surface area contributed by atoms with Gasteiger partial charge in [0.05, 0.1) is 54.1 Å². The van der Waals surface area contributed by atoms with Gasteiger partial charge in [-0.25, -0.2) is 49.8 Å². The Bertz CT molecular complexity index is 7340. The van der Waals surface area contributed by atoms with Crippen LogP contribution in [-0.2, 0) is 28.7 Å². The Hall–Kier alpha value is -18.0. The highest BCUT2D eigenvalue weighted by Gasteiger charge is 2.58. The van der Waals surface area contributed by atoms with Gasteiger partial charge in [-0.05, 0) is 223 Å². The molecule has 14 aromatic heterocycles. The lowest BCUT2D eigenvalue weighted by atomic mass is 10.0. The standard InChI is InChI=1S/4C22H20N6O.C21H20N4O2/c2*1-12-4-2-3-5-15(12)19-6-13-7-20(24-11-18(13)21(23)27-19)28-22(29)17-8-16(17)14-9-25-26-10-14;2*1-12-4-2-3-5-14(12)19-8-13-9-20(24-11-17(13)21(23)26-19)27-22(29)16-10-15(16)18-6-7-25-28-18;1-11-4-2-3-5-13(11)17-6-12-7-18(23-8-14(12)20(22)24-17)25-21(26)19-15-9-27-10-16(15)19/h2*2-7,9-11,16-17H,8H2,1H3,(H2,23,27)(H,25,26)(H,24,28,29);2*2-9,11,15-16H,10H2,1H3,(H2,23,26)(H,25,28)(H,24,27,29);2-8,15-16,19H,9-10H2,1H3,(H2,22,24)(H,23,25,26)/t16-,17?;16-,17+;2*15-,16-;15-,16+,19?/m1010./s1. The second-order valence-corrected chi connectivity index (χ2v) is 37.2. The van der Waals surface area contributed by atoms with Gasteiger partial charge in [-0.15, -0.1) is 0 Å². The number of aryl methyl sites for hydroxylation is 5. The quantitative estimate of drug-likeness (QED) is 0.0357. The molecule has 11 atom stereocenters. The molecular formula is C109H100N28O6. The molecule has 19 N–H and O–H groups in total. The van der Waals surface area contributed by atoms with Gasteiger partial charge in [-0.2, -0.15) is 20.4 Å². The van der Waals surface area contributed by atoms with E-state index in [0.29, 0.717) is 83.2 Å². The molecule has 25 rings (SSSR count). The molecule has 5 amide bonds. The van der Waals surface area contributed by atoms with Gasteiger partial charge >= 0.3 is 0 Å². The number of rotatable bonds is 19. The fraction of sp³-hybridized carbons (Fsp3) is 0.202. The number of benzene rings is 5. The van der Waals surface area contributed by atoms with E-state index in [1.165, 1.54) is 0 Å². The number of hydrogen-bond acceptors (Lipinski definition) is 25. The fourth-order valence-corrected chi connectivity index (χ4v) is 19.2. The van der Waals surface area contributed by atoms with E-state index in [0.717, 1.165) is 186 Å². The van der Waals surface area contributed by atoms with Crippen molar-refractivity contribution in [1.82, 2.24) is 90.6 Å². The number of fused-ring (bicyclic) bond motifs is 6. The summed E-state index contributed by atoms with van der Waals surface area (Å²) in [5, 5.41) is 50.3. The van der Waals surface area contributed by atoms with Gasteiger partial charge in [0.2, 0.25) is 29.5 Å². The zero-order valence-corrected chi connectivity index (χ0v) is 78.5. The molecule has 5 aromatic carbocycles. The number of nitrogens with zero attached hydrogens (tertiary/aromatic N) is 14. The minimum absolute atomic E-state index is 0.0239. The zero-order valence-electron chi connectivity index (χ0n) is 78.5. The molecule has 5 aliphatic carbocycles. The van der Waals surface area contributed by atoms with Crippen LogP contribution in [0.15, 0.2) is 262 Å². The van der Waals surface area contributed by atoms with Crippen LogP contribution >= 0.6 is 0 Å². The molecule has 1 aliphatic heterocycles. The number of H-pyrrole nitrogens is 4. The number of nitrogens with two attached hydrogens (primary N) is 5. The maximum absolute atomic E-state index is 12.6. The molecule has 34 heteroatoms. The first kappa shape index (κ1) is 91.5. The highest BCUT2D eigenvalue weighted by atomic mass is 16.5. The van der Waals surface area contributed by atoms with E-state index in [4.69, 9.17) is 33.4 Å². The van der Waals surface area contributed by atoms with Gasteiger partial charge in [0.15, 0.2) is 0 Å². The lowest BCUT2D eigenvalue weighted by Gasteiger charge is -2.10. The normalized spacial score (nSPS) is 19.0. The van der Waals surface area contributed by atoms with Crippen molar-refractivity contribution in [3.8, 4) is 56.3 Å². The minimum atomic E-state index is -0.0574. The van der Waals surface area contributed by atoms with Crippen LogP contribution in [0.4, 0.5) is 58.2 Å². The van der Waals surface area contributed by atoms with Gasteiger partial charge in [0, 0.05) is 163 Å².